The van der Waals surface area contributed by atoms with Crippen molar-refractivity contribution in [2.75, 3.05) is 6.54 Å². The second kappa shape index (κ2) is 7.38. The van der Waals surface area contributed by atoms with Crippen molar-refractivity contribution >= 4 is 23.0 Å². The van der Waals surface area contributed by atoms with Gasteiger partial charge in [-0.3, -0.25) is 9.78 Å². The molecule has 0 saturated heterocycles. The van der Waals surface area contributed by atoms with Crippen LogP contribution in [0.2, 0.25) is 0 Å². The molecule has 0 atom stereocenters. The molecule has 0 saturated carbocycles. The van der Waals surface area contributed by atoms with Crippen LogP contribution in [0.3, 0.4) is 0 Å². The lowest BCUT2D eigenvalue weighted by Crippen LogP contribution is -2.29. The van der Waals surface area contributed by atoms with E-state index in [1.165, 1.54) is 0 Å². The number of pyridine rings is 1. The molecular formula is C18H17F2N5O. The molecule has 1 aromatic carbocycles. The van der Waals surface area contributed by atoms with Gasteiger partial charge < -0.3 is 10.7 Å². The van der Waals surface area contributed by atoms with E-state index in [0.717, 1.165) is 4.90 Å². The third-order valence-electron chi connectivity index (χ3n) is 4.03. The largest absolute Gasteiger partial charge is 0.329 e. The Morgan fingerprint density at radius 2 is 2.19 bits per heavy atom. The zero-order valence-electron chi connectivity index (χ0n) is 14.1. The Bertz CT molecular complexity index is 880. The number of fused-ring (bicyclic) bond motifs is 1. The Balaban J connectivity index is 1.89. The van der Waals surface area contributed by atoms with Crippen molar-refractivity contribution in [3.63, 3.8) is 0 Å². The maximum absolute atomic E-state index is 12.6. The lowest BCUT2D eigenvalue weighted by molar-refractivity contribution is 0.0577. The molecule has 2 N–H and O–H groups in total. The number of benzene rings is 1. The minimum absolute atomic E-state index is 0.142. The Morgan fingerprint density at radius 3 is 2.85 bits per heavy atom. The monoisotopic (exact) mass is 357 g/mol. The zero-order valence-corrected chi connectivity index (χ0v) is 14.1. The van der Waals surface area contributed by atoms with E-state index in [-0.39, 0.29) is 12.5 Å². The van der Waals surface area contributed by atoms with Gasteiger partial charge >= 0.3 is 0 Å². The van der Waals surface area contributed by atoms with Gasteiger partial charge in [-0.2, -0.15) is 5.10 Å². The molecule has 0 bridgehead atoms. The minimum Gasteiger partial charge on any atom is -0.329 e. The fraction of sp³-hybridized carbons (Fsp3) is 0.222. The number of nitrogens with two attached hydrogens (primary N) is 1. The summed E-state index contributed by atoms with van der Waals surface area (Å²) >= 11 is 0. The summed E-state index contributed by atoms with van der Waals surface area (Å²) < 4.78 is 25.2. The summed E-state index contributed by atoms with van der Waals surface area (Å²) in [6.07, 6.45) is 0.693. The molecule has 0 fully saturated rings. The molecule has 0 radical (unpaired) electrons. The lowest BCUT2D eigenvalue weighted by Gasteiger charge is -2.14. The number of halogens is 2. The third-order valence-corrected chi connectivity index (χ3v) is 4.03. The number of alkyl halides is 2. The Morgan fingerprint density at radius 1 is 1.38 bits per heavy atom. The Hall–Kier alpha value is -3.16. The van der Waals surface area contributed by atoms with Crippen molar-refractivity contribution in [2.24, 2.45) is 15.9 Å². The number of hydrogen-bond acceptors (Lipinski definition) is 5. The molecule has 6 nitrogen and oxygen atoms in total. The second-order valence-corrected chi connectivity index (χ2v) is 5.83. The van der Waals surface area contributed by atoms with Gasteiger partial charge in [-0.15, -0.1) is 0 Å². The fourth-order valence-electron chi connectivity index (χ4n) is 2.89. The average Bonchev–Trinajstić information content (AvgIpc) is 2.91. The van der Waals surface area contributed by atoms with Gasteiger partial charge in [-0.25, -0.2) is 13.8 Å². The van der Waals surface area contributed by atoms with E-state index >= 15 is 0 Å². The highest BCUT2D eigenvalue weighted by Gasteiger charge is 2.29. The van der Waals surface area contributed by atoms with E-state index in [9.17, 15) is 13.6 Å². The molecule has 3 rings (SSSR count). The molecule has 26 heavy (non-hydrogen) atoms. The molecule has 2 heterocycles. The van der Waals surface area contributed by atoms with E-state index in [0.29, 0.717) is 33.8 Å². The number of carbonyl (C=O) groups is 1. The summed E-state index contributed by atoms with van der Waals surface area (Å²) in [6.45, 7) is 1.32. The van der Waals surface area contributed by atoms with Gasteiger partial charge in [0.15, 0.2) is 0 Å². The summed E-state index contributed by atoms with van der Waals surface area (Å²) in [5.41, 5.74) is 3.45. The van der Waals surface area contributed by atoms with Crippen molar-refractivity contribution in [3.8, 4) is 0 Å². The van der Waals surface area contributed by atoms with Crippen LogP contribution in [0.25, 0.3) is 0 Å². The summed E-state index contributed by atoms with van der Waals surface area (Å²) in [4.78, 5) is 21.7. The first kappa shape index (κ1) is 17.7. The molecule has 1 aliphatic rings. The van der Waals surface area contributed by atoms with Crippen LogP contribution in [0.1, 0.15) is 28.4 Å². The molecular weight excluding hydrogens is 340 g/mol. The quantitative estimate of drug-likeness (QED) is 0.507. The first-order valence-corrected chi connectivity index (χ1v) is 7.94. The number of carbonyl (C=O) groups excluding carboxylic acids is 1. The number of hydrazone groups is 1. The summed E-state index contributed by atoms with van der Waals surface area (Å²) in [7, 11) is 0. The standard InChI is InChI=1S/C18H17F2N5O/c1-11(23-14-3-2-6-22-8-14)17(24-21)12-4-5-15-13(7-12)9-25(18(15)26)10-16(19)20/h2-8,16H,9-10,21H2,1H3. The van der Waals surface area contributed by atoms with Crippen LogP contribution in [-0.4, -0.2) is 40.2 Å². The Labute approximate surface area is 149 Å². The SMILES string of the molecule is CC(=Nc1cccnc1)C(=NN)c1ccc2c(c1)CN(CC(F)F)C2=O. The molecule has 8 heteroatoms. The average molecular weight is 357 g/mol. The maximum Gasteiger partial charge on any atom is 0.255 e. The zero-order chi connectivity index (χ0) is 18.7. The van der Waals surface area contributed by atoms with Gasteiger partial charge in [0, 0.05) is 23.9 Å². The maximum atomic E-state index is 12.6. The van der Waals surface area contributed by atoms with Gasteiger partial charge in [-0.05, 0) is 36.8 Å². The molecule has 1 aliphatic heterocycles. The van der Waals surface area contributed by atoms with Crippen LogP contribution in [0.4, 0.5) is 14.5 Å². The predicted octanol–water partition coefficient (Wildman–Crippen LogP) is 2.76. The molecule has 0 unspecified atom stereocenters. The smallest absolute Gasteiger partial charge is 0.255 e. The lowest BCUT2D eigenvalue weighted by atomic mass is 10.0. The van der Waals surface area contributed by atoms with Crippen molar-refractivity contribution in [1.29, 1.82) is 0 Å². The summed E-state index contributed by atoms with van der Waals surface area (Å²) in [6, 6.07) is 8.61. The number of aromatic nitrogens is 1. The molecule has 1 amide bonds. The Kier molecular flexibility index (Phi) is 5.01. The van der Waals surface area contributed by atoms with E-state index in [1.54, 1.807) is 49.6 Å². The highest BCUT2D eigenvalue weighted by atomic mass is 19.3. The van der Waals surface area contributed by atoms with Crippen molar-refractivity contribution < 1.29 is 13.6 Å². The van der Waals surface area contributed by atoms with Gasteiger partial charge in [0.1, 0.15) is 5.71 Å². The van der Waals surface area contributed by atoms with Crippen molar-refractivity contribution in [2.45, 2.75) is 19.9 Å². The van der Waals surface area contributed by atoms with E-state index in [1.807, 2.05) is 0 Å². The molecule has 2 aromatic rings. The normalized spacial score (nSPS) is 14.9. The van der Waals surface area contributed by atoms with Crippen LogP contribution >= 0.6 is 0 Å². The van der Waals surface area contributed by atoms with Crippen LogP contribution in [0, 0.1) is 0 Å². The highest BCUT2D eigenvalue weighted by molar-refractivity contribution is 6.48. The van der Waals surface area contributed by atoms with Crippen LogP contribution in [-0.2, 0) is 6.54 Å². The fourth-order valence-corrected chi connectivity index (χ4v) is 2.89. The minimum atomic E-state index is -2.57. The predicted molar refractivity (Wildman–Crippen MR) is 94.9 cm³/mol. The van der Waals surface area contributed by atoms with Gasteiger partial charge in [0.05, 0.1) is 24.1 Å². The topological polar surface area (TPSA) is 83.9 Å². The van der Waals surface area contributed by atoms with Crippen LogP contribution in [0.5, 0.6) is 0 Å². The first-order valence-electron chi connectivity index (χ1n) is 7.94. The van der Waals surface area contributed by atoms with Gasteiger partial charge in [0.25, 0.3) is 12.3 Å². The molecule has 1 aromatic heterocycles. The number of rotatable bonds is 5. The number of aliphatic imine (C=N–C) groups is 1. The number of amides is 1. The van der Waals surface area contributed by atoms with Crippen molar-refractivity contribution in [3.05, 3.63) is 59.4 Å². The third kappa shape index (κ3) is 3.58. The van der Waals surface area contributed by atoms with E-state index in [4.69, 9.17) is 5.84 Å². The van der Waals surface area contributed by atoms with Crippen LogP contribution < -0.4 is 5.84 Å². The van der Waals surface area contributed by atoms with E-state index in [2.05, 4.69) is 15.1 Å². The van der Waals surface area contributed by atoms with Crippen molar-refractivity contribution in [1.82, 2.24) is 9.88 Å². The molecule has 0 aliphatic carbocycles. The van der Waals surface area contributed by atoms with Gasteiger partial charge in [-0.1, -0.05) is 6.07 Å². The summed E-state index contributed by atoms with van der Waals surface area (Å²) in [5, 5.41) is 3.81. The second-order valence-electron chi connectivity index (χ2n) is 5.83. The molecule has 0 spiro atoms. The highest BCUT2D eigenvalue weighted by Crippen LogP contribution is 2.25. The number of nitrogens with zero attached hydrogens (tertiary/aromatic N) is 4. The summed E-state index contributed by atoms with van der Waals surface area (Å²) in [5.74, 6) is 5.15. The van der Waals surface area contributed by atoms with E-state index < -0.39 is 13.0 Å². The first-order chi connectivity index (χ1) is 12.5. The van der Waals surface area contributed by atoms with Crippen LogP contribution in [0.15, 0.2) is 52.8 Å². The number of hydrogen-bond donors (Lipinski definition) is 1. The van der Waals surface area contributed by atoms with Gasteiger partial charge in [0.2, 0.25) is 0 Å². The molecule has 134 valence electrons.